The van der Waals surface area contributed by atoms with Gasteiger partial charge in [-0.05, 0) is 12.1 Å². The zero-order chi connectivity index (χ0) is 20.3. The highest BCUT2D eigenvalue weighted by Crippen LogP contribution is 2.31. The summed E-state index contributed by atoms with van der Waals surface area (Å²) in [6.07, 6.45) is -0.571. The number of rotatable bonds is 4. The van der Waals surface area contributed by atoms with Crippen molar-refractivity contribution in [3.8, 4) is 22.1 Å². The van der Waals surface area contributed by atoms with E-state index in [9.17, 15) is 4.79 Å². The standard InChI is InChI=1S/C23H23N3O3S/c27-23(21-15-28-19-8-4-5-9-20(19)29-21)26-12-10-25(11-13-26)14-18-16-30-22(24-18)17-6-2-1-3-7-17/h1-9,16,21H,10-15H2/t21-/m0/s1. The molecule has 5 rings (SSSR count). The van der Waals surface area contributed by atoms with E-state index >= 15 is 0 Å². The number of aromatic nitrogens is 1. The first-order chi connectivity index (χ1) is 14.8. The summed E-state index contributed by atoms with van der Waals surface area (Å²) in [6.45, 7) is 4.10. The number of carbonyl (C=O) groups excluding carboxylic acids is 1. The number of amides is 1. The Morgan fingerprint density at radius 3 is 2.53 bits per heavy atom. The number of ether oxygens (including phenoxy) is 2. The molecule has 0 unspecified atom stereocenters. The third kappa shape index (κ3) is 4.04. The van der Waals surface area contributed by atoms with Crippen LogP contribution in [0.15, 0.2) is 60.0 Å². The molecular weight excluding hydrogens is 398 g/mol. The fourth-order valence-electron chi connectivity index (χ4n) is 3.79. The molecule has 1 fully saturated rings. The molecule has 1 aromatic heterocycles. The maximum atomic E-state index is 12.9. The minimum atomic E-state index is -0.571. The van der Waals surface area contributed by atoms with E-state index in [1.165, 1.54) is 0 Å². The second-order valence-electron chi connectivity index (χ2n) is 7.48. The van der Waals surface area contributed by atoms with E-state index in [1.54, 1.807) is 11.3 Å². The van der Waals surface area contributed by atoms with Gasteiger partial charge in [0, 0.05) is 43.7 Å². The molecule has 3 heterocycles. The Balaban J connectivity index is 1.14. The van der Waals surface area contributed by atoms with Gasteiger partial charge in [-0.25, -0.2) is 4.98 Å². The maximum absolute atomic E-state index is 12.9. The normalized spacial score (nSPS) is 18.9. The molecule has 2 aromatic carbocycles. The first kappa shape index (κ1) is 19.1. The van der Waals surface area contributed by atoms with Crippen LogP contribution in [0.1, 0.15) is 5.69 Å². The molecule has 0 bridgehead atoms. The van der Waals surface area contributed by atoms with E-state index in [0.29, 0.717) is 24.6 Å². The molecule has 3 aromatic rings. The number of para-hydroxylation sites is 2. The van der Waals surface area contributed by atoms with Gasteiger partial charge in [-0.3, -0.25) is 9.69 Å². The number of thiazole rings is 1. The molecule has 154 valence electrons. The number of fused-ring (bicyclic) bond motifs is 1. The Labute approximate surface area is 179 Å². The van der Waals surface area contributed by atoms with Crippen molar-refractivity contribution in [2.24, 2.45) is 0 Å². The Kier molecular flexibility index (Phi) is 5.38. The fourth-order valence-corrected chi connectivity index (χ4v) is 4.61. The number of hydrogen-bond donors (Lipinski definition) is 0. The number of nitrogens with zero attached hydrogens (tertiary/aromatic N) is 3. The molecule has 1 atom stereocenters. The Hall–Kier alpha value is -2.90. The highest BCUT2D eigenvalue weighted by molar-refractivity contribution is 7.13. The highest BCUT2D eigenvalue weighted by atomic mass is 32.1. The molecule has 6 nitrogen and oxygen atoms in total. The molecule has 2 aliphatic rings. The smallest absolute Gasteiger partial charge is 0.267 e. The number of benzene rings is 2. The predicted octanol–water partition coefficient (Wildman–Crippen LogP) is 3.29. The first-order valence-corrected chi connectivity index (χ1v) is 11.0. The molecule has 0 N–H and O–H groups in total. The van der Waals surface area contributed by atoms with E-state index in [4.69, 9.17) is 14.5 Å². The molecular formula is C23H23N3O3S. The minimum Gasteiger partial charge on any atom is -0.485 e. The van der Waals surface area contributed by atoms with Crippen molar-refractivity contribution in [2.75, 3.05) is 32.8 Å². The van der Waals surface area contributed by atoms with Crippen LogP contribution in [-0.2, 0) is 11.3 Å². The summed E-state index contributed by atoms with van der Waals surface area (Å²) in [6, 6.07) is 17.7. The molecule has 0 saturated carbocycles. The Bertz CT molecular complexity index is 1020. The van der Waals surface area contributed by atoms with E-state index < -0.39 is 6.10 Å². The number of carbonyl (C=O) groups is 1. The summed E-state index contributed by atoms with van der Waals surface area (Å²) >= 11 is 1.68. The predicted molar refractivity (Wildman–Crippen MR) is 116 cm³/mol. The second-order valence-corrected chi connectivity index (χ2v) is 8.33. The van der Waals surface area contributed by atoms with Gasteiger partial charge < -0.3 is 14.4 Å². The van der Waals surface area contributed by atoms with Crippen LogP contribution in [0.3, 0.4) is 0 Å². The first-order valence-electron chi connectivity index (χ1n) is 10.2. The van der Waals surface area contributed by atoms with E-state index in [2.05, 4.69) is 22.4 Å². The van der Waals surface area contributed by atoms with Gasteiger partial charge in [-0.1, -0.05) is 42.5 Å². The molecule has 0 spiro atoms. The number of hydrogen-bond acceptors (Lipinski definition) is 6. The van der Waals surface area contributed by atoms with E-state index in [-0.39, 0.29) is 12.5 Å². The lowest BCUT2D eigenvalue weighted by molar-refractivity contribution is -0.143. The van der Waals surface area contributed by atoms with Crippen LogP contribution in [0.4, 0.5) is 0 Å². The molecule has 2 aliphatic heterocycles. The highest BCUT2D eigenvalue weighted by Gasteiger charge is 2.32. The summed E-state index contributed by atoms with van der Waals surface area (Å²) in [5.41, 5.74) is 2.24. The fraction of sp³-hybridized carbons (Fsp3) is 0.304. The zero-order valence-corrected chi connectivity index (χ0v) is 17.4. The summed E-state index contributed by atoms with van der Waals surface area (Å²) in [5, 5.41) is 3.18. The Morgan fingerprint density at radius 1 is 1.00 bits per heavy atom. The van der Waals surface area contributed by atoms with Gasteiger partial charge in [0.15, 0.2) is 11.5 Å². The van der Waals surface area contributed by atoms with E-state index in [0.717, 1.165) is 35.9 Å². The molecule has 0 aliphatic carbocycles. The van der Waals surface area contributed by atoms with Crippen LogP contribution in [0.2, 0.25) is 0 Å². The summed E-state index contributed by atoms with van der Waals surface area (Å²) < 4.78 is 11.6. The van der Waals surface area contributed by atoms with Crippen molar-refractivity contribution in [2.45, 2.75) is 12.6 Å². The van der Waals surface area contributed by atoms with Gasteiger partial charge in [0.1, 0.15) is 11.6 Å². The van der Waals surface area contributed by atoms with Crippen LogP contribution in [0, 0.1) is 0 Å². The monoisotopic (exact) mass is 421 g/mol. The molecule has 1 saturated heterocycles. The molecule has 7 heteroatoms. The van der Waals surface area contributed by atoms with Crippen LogP contribution in [0.5, 0.6) is 11.5 Å². The topological polar surface area (TPSA) is 54.9 Å². The average molecular weight is 422 g/mol. The van der Waals surface area contributed by atoms with Crippen molar-refractivity contribution >= 4 is 17.2 Å². The van der Waals surface area contributed by atoms with Crippen LogP contribution in [0.25, 0.3) is 10.6 Å². The van der Waals surface area contributed by atoms with Crippen molar-refractivity contribution in [1.82, 2.24) is 14.8 Å². The lowest BCUT2D eigenvalue weighted by Crippen LogP contribution is -2.53. The van der Waals surface area contributed by atoms with Crippen molar-refractivity contribution in [3.05, 3.63) is 65.7 Å². The summed E-state index contributed by atoms with van der Waals surface area (Å²) in [4.78, 5) is 21.9. The molecule has 1 amide bonds. The second kappa shape index (κ2) is 8.45. The van der Waals surface area contributed by atoms with Gasteiger partial charge in [0.05, 0.1) is 5.69 Å². The molecule has 0 radical (unpaired) electrons. The van der Waals surface area contributed by atoms with Crippen LogP contribution >= 0.6 is 11.3 Å². The summed E-state index contributed by atoms with van der Waals surface area (Å²) in [5.74, 6) is 1.34. The lowest BCUT2D eigenvalue weighted by Gasteiger charge is -2.36. The minimum absolute atomic E-state index is 0.00387. The van der Waals surface area contributed by atoms with Crippen molar-refractivity contribution in [3.63, 3.8) is 0 Å². The maximum Gasteiger partial charge on any atom is 0.267 e. The van der Waals surface area contributed by atoms with Crippen LogP contribution < -0.4 is 9.47 Å². The largest absolute Gasteiger partial charge is 0.485 e. The van der Waals surface area contributed by atoms with Gasteiger partial charge in [0.25, 0.3) is 5.91 Å². The average Bonchev–Trinajstić information content (AvgIpc) is 3.28. The quantitative estimate of drug-likeness (QED) is 0.647. The lowest BCUT2D eigenvalue weighted by atomic mass is 10.2. The SMILES string of the molecule is O=C([C@@H]1COc2ccccc2O1)N1CCN(Cc2csc(-c3ccccc3)n2)CC1. The zero-order valence-electron chi connectivity index (χ0n) is 16.6. The molecule has 30 heavy (non-hydrogen) atoms. The van der Waals surface area contributed by atoms with Gasteiger partial charge >= 0.3 is 0 Å². The third-order valence-corrected chi connectivity index (χ3v) is 6.37. The van der Waals surface area contributed by atoms with Crippen LogP contribution in [-0.4, -0.2) is 59.6 Å². The van der Waals surface area contributed by atoms with Gasteiger partial charge in [-0.2, -0.15) is 0 Å². The third-order valence-electron chi connectivity index (χ3n) is 5.43. The van der Waals surface area contributed by atoms with Gasteiger partial charge in [0.2, 0.25) is 6.10 Å². The van der Waals surface area contributed by atoms with Crippen molar-refractivity contribution in [1.29, 1.82) is 0 Å². The number of piperazine rings is 1. The van der Waals surface area contributed by atoms with Crippen molar-refractivity contribution < 1.29 is 14.3 Å². The van der Waals surface area contributed by atoms with E-state index in [1.807, 2.05) is 47.4 Å². The van der Waals surface area contributed by atoms with Gasteiger partial charge in [-0.15, -0.1) is 11.3 Å². The summed E-state index contributed by atoms with van der Waals surface area (Å²) in [7, 11) is 0. The Morgan fingerprint density at radius 2 is 1.73 bits per heavy atom.